The van der Waals surface area contributed by atoms with Gasteiger partial charge in [0.2, 0.25) is 5.91 Å². The zero-order valence-electron chi connectivity index (χ0n) is 21.0. The number of aliphatic carboxylic acids is 1. The molecule has 1 saturated carbocycles. The fraction of sp³-hybridized carbons (Fsp3) is 0.536. The quantitative estimate of drug-likeness (QED) is 0.326. The average Bonchev–Trinajstić information content (AvgIpc) is 3.74. The minimum Gasteiger partial charge on any atom is -0.492 e. The number of amides is 1. The van der Waals surface area contributed by atoms with Gasteiger partial charge >= 0.3 is 5.97 Å². The number of para-hydroxylation sites is 1. The van der Waals surface area contributed by atoms with Crippen LogP contribution in [0.1, 0.15) is 49.8 Å². The molecular formula is C28H38N4O4. The highest BCUT2D eigenvalue weighted by atomic mass is 16.5. The Morgan fingerprint density at radius 1 is 1.11 bits per heavy atom. The Morgan fingerprint density at radius 3 is 2.72 bits per heavy atom. The summed E-state index contributed by atoms with van der Waals surface area (Å²) < 4.78 is 5.88. The topological polar surface area (TPSA) is 104 Å². The first-order valence-corrected chi connectivity index (χ1v) is 13.2. The molecule has 2 aliphatic rings. The number of nitrogens with one attached hydrogen (secondary N) is 2. The van der Waals surface area contributed by atoms with E-state index in [4.69, 9.17) is 9.72 Å². The third kappa shape index (κ3) is 8.22. The first-order valence-electron chi connectivity index (χ1n) is 13.2. The standard InChI is InChI=1S/C28H38N4O4/c33-27(22-11-12-22)31-25(28(34)35)15-18-32(19-20-36-24-9-2-1-3-10-24)17-5-4-8-23-14-13-21-7-6-16-29-26(21)30-23/h1-3,9-10,13-14,22,25H,4-8,11-12,15-20H2,(H,29,30)(H,31,33)(H,34,35). The molecule has 1 unspecified atom stereocenters. The average molecular weight is 495 g/mol. The molecule has 1 aliphatic carbocycles. The SMILES string of the molecule is O=C(NC(CCN(CCCCc1ccc2c(n1)NCCC2)CCOc1ccccc1)C(=O)O)C1CC1. The van der Waals surface area contributed by atoms with Crippen molar-refractivity contribution in [2.45, 2.75) is 57.4 Å². The van der Waals surface area contributed by atoms with Gasteiger partial charge in [0.25, 0.3) is 0 Å². The van der Waals surface area contributed by atoms with Crippen molar-refractivity contribution in [1.82, 2.24) is 15.2 Å². The molecule has 2 aromatic rings. The summed E-state index contributed by atoms with van der Waals surface area (Å²) in [6.07, 6.45) is 7.23. The summed E-state index contributed by atoms with van der Waals surface area (Å²) >= 11 is 0. The molecule has 0 bridgehead atoms. The van der Waals surface area contributed by atoms with Gasteiger partial charge < -0.3 is 20.5 Å². The van der Waals surface area contributed by atoms with E-state index in [2.05, 4.69) is 27.7 Å². The van der Waals surface area contributed by atoms with Gasteiger partial charge in [-0.25, -0.2) is 9.78 Å². The molecule has 1 amide bonds. The van der Waals surface area contributed by atoms with Crippen LogP contribution in [-0.2, 0) is 22.4 Å². The third-order valence-electron chi connectivity index (χ3n) is 6.83. The molecule has 1 atom stereocenters. The second-order valence-electron chi connectivity index (χ2n) is 9.76. The highest BCUT2D eigenvalue weighted by molar-refractivity contribution is 5.86. The fourth-order valence-electron chi connectivity index (χ4n) is 4.50. The van der Waals surface area contributed by atoms with Gasteiger partial charge in [0.05, 0.1) is 0 Å². The molecule has 0 spiro atoms. The van der Waals surface area contributed by atoms with Crippen molar-refractivity contribution >= 4 is 17.7 Å². The van der Waals surface area contributed by atoms with Crippen LogP contribution < -0.4 is 15.4 Å². The predicted octanol–water partition coefficient (Wildman–Crippen LogP) is 3.51. The van der Waals surface area contributed by atoms with E-state index in [1.165, 1.54) is 5.56 Å². The van der Waals surface area contributed by atoms with Gasteiger partial charge in [-0.1, -0.05) is 24.3 Å². The lowest BCUT2D eigenvalue weighted by atomic mass is 10.1. The van der Waals surface area contributed by atoms with E-state index < -0.39 is 12.0 Å². The predicted molar refractivity (Wildman–Crippen MR) is 139 cm³/mol. The number of unbranched alkanes of at least 4 members (excludes halogenated alkanes) is 1. The number of carbonyl (C=O) groups excluding carboxylic acids is 1. The monoisotopic (exact) mass is 494 g/mol. The zero-order chi connectivity index (χ0) is 25.2. The van der Waals surface area contributed by atoms with Crippen molar-refractivity contribution in [3.05, 3.63) is 53.7 Å². The molecular weight excluding hydrogens is 456 g/mol. The molecule has 1 aromatic heterocycles. The summed E-state index contributed by atoms with van der Waals surface area (Å²) in [5.74, 6) is 0.746. The molecule has 0 radical (unpaired) electrons. The van der Waals surface area contributed by atoms with Gasteiger partial charge in [-0.05, 0) is 81.7 Å². The van der Waals surface area contributed by atoms with Crippen LogP contribution in [0, 0.1) is 5.92 Å². The minimum absolute atomic E-state index is 0.00497. The Kier molecular flexibility index (Phi) is 9.55. The van der Waals surface area contributed by atoms with Crippen LogP contribution in [0.4, 0.5) is 5.82 Å². The summed E-state index contributed by atoms with van der Waals surface area (Å²) in [6, 6.07) is 13.2. The van der Waals surface area contributed by atoms with E-state index >= 15 is 0 Å². The van der Waals surface area contributed by atoms with E-state index in [1.54, 1.807) is 0 Å². The molecule has 0 saturated heterocycles. The maximum absolute atomic E-state index is 12.1. The lowest BCUT2D eigenvalue weighted by Gasteiger charge is -2.24. The van der Waals surface area contributed by atoms with Crippen LogP contribution >= 0.6 is 0 Å². The van der Waals surface area contributed by atoms with Crippen molar-refractivity contribution in [3.63, 3.8) is 0 Å². The summed E-state index contributed by atoms with van der Waals surface area (Å²) in [4.78, 5) is 30.9. The molecule has 8 nitrogen and oxygen atoms in total. The molecule has 1 fully saturated rings. The highest BCUT2D eigenvalue weighted by Gasteiger charge is 2.32. The van der Waals surface area contributed by atoms with Crippen molar-refractivity contribution in [2.24, 2.45) is 5.92 Å². The van der Waals surface area contributed by atoms with E-state index in [1.807, 2.05) is 30.3 Å². The molecule has 2 heterocycles. The number of ether oxygens (including phenoxy) is 1. The highest BCUT2D eigenvalue weighted by Crippen LogP contribution is 2.29. The summed E-state index contributed by atoms with van der Waals surface area (Å²) in [7, 11) is 0. The molecule has 3 N–H and O–H groups in total. The van der Waals surface area contributed by atoms with Crippen molar-refractivity contribution < 1.29 is 19.4 Å². The number of carbonyl (C=O) groups is 2. The summed E-state index contributed by atoms with van der Waals surface area (Å²) in [5.41, 5.74) is 2.41. The third-order valence-corrected chi connectivity index (χ3v) is 6.83. The molecule has 36 heavy (non-hydrogen) atoms. The second kappa shape index (κ2) is 13.3. The van der Waals surface area contributed by atoms with Crippen LogP contribution in [0.5, 0.6) is 5.75 Å². The number of benzene rings is 1. The number of fused-ring (bicyclic) bond motifs is 1. The number of aryl methyl sites for hydroxylation is 2. The van der Waals surface area contributed by atoms with Crippen LogP contribution in [0.25, 0.3) is 0 Å². The lowest BCUT2D eigenvalue weighted by Crippen LogP contribution is -2.44. The van der Waals surface area contributed by atoms with Crippen LogP contribution in [-0.4, -0.2) is 65.7 Å². The number of carboxylic acids is 1. The smallest absolute Gasteiger partial charge is 0.326 e. The first kappa shape index (κ1) is 25.9. The molecule has 8 heteroatoms. The van der Waals surface area contributed by atoms with Gasteiger partial charge in [-0.2, -0.15) is 0 Å². The number of hydrogen-bond donors (Lipinski definition) is 3. The van der Waals surface area contributed by atoms with Crippen LogP contribution in [0.2, 0.25) is 0 Å². The summed E-state index contributed by atoms with van der Waals surface area (Å²) in [5, 5.41) is 15.7. The van der Waals surface area contributed by atoms with Crippen molar-refractivity contribution in [2.75, 3.05) is 38.1 Å². The van der Waals surface area contributed by atoms with Crippen molar-refractivity contribution in [3.8, 4) is 5.75 Å². The molecule has 194 valence electrons. The number of anilines is 1. The van der Waals surface area contributed by atoms with Crippen LogP contribution in [0.3, 0.4) is 0 Å². The fourth-order valence-corrected chi connectivity index (χ4v) is 4.50. The maximum Gasteiger partial charge on any atom is 0.326 e. The molecule has 4 rings (SSSR count). The summed E-state index contributed by atoms with van der Waals surface area (Å²) in [6.45, 7) is 3.63. The van der Waals surface area contributed by atoms with E-state index in [0.29, 0.717) is 26.1 Å². The van der Waals surface area contributed by atoms with Crippen molar-refractivity contribution in [1.29, 1.82) is 0 Å². The number of nitrogens with zero attached hydrogens (tertiary/aromatic N) is 2. The van der Waals surface area contributed by atoms with Gasteiger partial charge in [0, 0.05) is 31.2 Å². The zero-order valence-corrected chi connectivity index (χ0v) is 21.0. The Hall–Kier alpha value is -3.13. The van der Waals surface area contributed by atoms with Gasteiger partial charge in [-0.15, -0.1) is 0 Å². The largest absolute Gasteiger partial charge is 0.492 e. The number of aromatic nitrogens is 1. The number of carboxylic acid groups (broad SMARTS) is 1. The van der Waals surface area contributed by atoms with Gasteiger partial charge in [-0.3, -0.25) is 9.69 Å². The number of hydrogen-bond acceptors (Lipinski definition) is 6. The normalized spacial score (nSPS) is 15.6. The van der Waals surface area contributed by atoms with E-state index in [-0.39, 0.29) is 11.8 Å². The number of pyridine rings is 1. The Labute approximate surface area is 213 Å². The molecule has 1 aliphatic heterocycles. The van der Waals surface area contributed by atoms with E-state index in [0.717, 1.165) is 75.3 Å². The first-order chi connectivity index (χ1) is 17.6. The van der Waals surface area contributed by atoms with Gasteiger partial charge in [0.1, 0.15) is 24.2 Å². The number of rotatable bonds is 15. The second-order valence-corrected chi connectivity index (χ2v) is 9.76. The minimum atomic E-state index is -0.975. The Bertz CT molecular complexity index is 996. The van der Waals surface area contributed by atoms with Crippen LogP contribution in [0.15, 0.2) is 42.5 Å². The van der Waals surface area contributed by atoms with E-state index in [9.17, 15) is 14.7 Å². The molecule has 1 aromatic carbocycles. The maximum atomic E-state index is 12.1. The Morgan fingerprint density at radius 2 is 1.94 bits per heavy atom. The lowest BCUT2D eigenvalue weighted by molar-refractivity contribution is -0.142. The Balaban J connectivity index is 1.26. The van der Waals surface area contributed by atoms with Gasteiger partial charge in [0.15, 0.2) is 0 Å².